The van der Waals surface area contributed by atoms with Crippen molar-refractivity contribution in [1.29, 1.82) is 0 Å². The third-order valence-corrected chi connectivity index (χ3v) is 9.40. The van der Waals surface area contributed by atoms with E-state index in [4.69, 9.17) is 5.73 Å². The van der Waals surface area contributed by atoms with Gasteiger partial charge in [-0.2, -0.15) is 0 Å². The van der Waals surface area contributed by atoms with Gasteiger partial charge in [-0.05, 0) is 34.9 Å². The van der Waals surface area contributed by atoms with E-state index in [0.717, 1.165) is 15.8 Å². The van der Waals surface area contributed by atoms with Crippen molar-refractivity contribution >= 4 is 52.4 Å². The summed E-state index contributed by atoms with van der Waals surface area (Å²) in [4.78, 5) is 71.8. The van der Waals surface area contributed by atoms with Gasteiger partial charge in [0.15, 0.2) is 5.13 Å². The first-order valence-corrected chi connectivity index (χ1v) is 17.3. The molecule has 2 saturated heterocycles. The Morgan fingerprint density at radius 1 is 1.06 bits per heavy atom. The van der Waals surface area contributed by atoms with E-state index in [-0.39, 0.29) is 116 Å². The number of hydrogen-bond acceptors (Lipinski definition) is 11. The predicted octanol–water partition coefficient (Wildman–Crippen LogP) is -4.17. The molecule has 6 rings (SSSR count). The number of hydrogen-bond donors (Lipinski definition) is 2. The Kier molecular flexibility index (Phi) is 13.7. The normalized spacial score (nSPS) is 17.8. The van der Waals surface area contributed by atoms with E-state index < -0.39 is 26.1 Å². The third-order valence-electron chi connectivity index (χ3n) is 8.11. The molecule has 3 heterocycles. The minimum Gasteiger partial charge on any atom is -0.780 e. The number of carbonyl (C=O) groups is 3. The zero-order chi connectivity index (χ0) is 34.0. The molecule has 0 saturated carbocycles. The molecule has 50 heavy (non-hydrogen) atoms. The Labute approximate surface area is 337 Å². The van der Waals surface area contributed by atoms with Crippen LogP contribution in [-0.2, 0) is 33.7 Å². The van der Waals surface area contributed by atoms with Gasteiger partial charge in [0.25, 0.3) is 0 Å². The average Bonchev–Trinajstić information content (AvgIpc) is 3.44. The van der Waals surface area contributed by atoms with E-state index in [2.05, 4.69) is 21.4 Å². The van der Waals surface area contributed by atoms with Crippen LogP contribution in [0.5, 0.6) is 5.75 Å². The number of rotatable bonds is 10. The molecule has 14 nitrogen and oxygen atoms in total. The van der Waals surface area contributed by atoms with Crippen LogP contribution in [0.25, 0.3) is 10.2 Å². The van der Waals surface area contributed by atoms with Crippen molar-refractivity contribution in [3.63, 3.8) is 0 Å². The van der Waals surface area contributed by atoms with Gasteiger partial charge in [0.05, 0.1) is 23.3 Å². The fourth-order valence-corrected chi connectivity index (χ4v) is 7.26. The summed E-state index contributed by atoms with van der Waals surface area (Å²) in [5, 5.41) is 6.44. The largest absolute Gasteiger partial charge is 1.00 e. The van der Waals surface area contributed by atoms with Crippen molar-refractivity contribution in [2.75, 3.05) is 25.4 Å². The van der Waals surface area contributed by atoms with Crippen molar-refractivity contribution in [2.24, 2.45) is 0 Å². The Morgan fingerprint density at radius 2 is 1.78 bits per heavy atom. The van der Waals surface area contributed by atoms with Crippen LogP contribution >= 0.6 is 19.2 Å². The summed E-state index contributed by atoms with van der Waals surface area (Å²) in [6.45, 7) is 4.25. The van der Waals surface area contributed by atoms with Gasteiger partial charge < -0.3 is 39.7 Å². The fraction of sp³-hybridized carbons (Fsp3) is 0.250. The van der Waals surface area contributed by atoms with E-state index in [1.54, 1.807) is 16.0 Å². The van der Waals surface area contributed by atoms with E-state index in [0.29, 0.717) is 16.2 Å². The van der Waals surface area contributed by atoms with Crippen LogP contribution in [0.2, 0.25) is 0 Å². The van der Waals surface area contributed by atoms with Crippen LogP contribution < -0.4 is 84.5 Å². The summed E-state index contributed by atoms with van der Waals surface area (Å²) >= 11 is 1.33. The van der Waals surface area contributed by atoms with Crippen molar-refractivity contribution < 1.29 is 92.4 Å². The van der Waals surface area contributed by atoms with Gasteiger partial charge in [0.2, 0.25) is 11.8 Å². The molecule has 4 aromatic rings. The number of nitrogen functional groups attached to an aromatic ring is 1. The maximum absolute atomic E-state index is 14.3. The number of thiazole rings is 1. The second-order valence-electron chi connectivity index (χ2n) is 11.3. The van der Waals surface area contributed by atoms with Gasteiger partial charge in [-0.15, -0.1) is 6.58 Å². The van der Waals surface area contributed by atoms with Gasteiger partial charge in [-0.3, -0.25) is 9.59 Å². The standard InChI is InChI=1S/C32H34N7O7PS.2Na/c1-2-15-37-20-28(40)38-25(16-21-11-13-24(14-12-21)46-47(43,44)45)30(41)36(18-23-9-6-10-26-29(23)35-31(33)48-26)19-27(38)39(37)32(42)34-17-22-7-4-3-5-8-22;;/h2-14,25,27H,1,15-20H2,(H2,33,35)(H,34,42)(H2,43,44,45);;/q;2*+1/p-2/t25-,27+;;/m1../s1. The molecule has 2 aliphatic heterocycles. The predicted molar refractivity (Wildman–Crippen MR) is 175 cm³/mol. The van der Waals surface area contributed by atoms with Crippen LogP contribution in [0, 0.1) is 0 Å². The molecule has 0 aliphatic carbocycles. The molecule has 0 radical (unpaired) electrons. The van der Waals surface area contributed by atoms with Gasteiger partial charge in [-0.25, -0.2) is 19.8 Å². The first kappa shape index (κ1) is 40.0. The van der Waals surface area contributed by atoms with Crippen LogP contribution in [-0.4, -0.2) is 74.5 Å². The maximum atomic E-state index is 14.3. The number of benzene rings is 3. The number of carbonyl (C=O) groups excluding carboxylic acids is 3. The molecule has 2 fully saturated rings. The number of nitrogens with two attached hydrogens (primary N) is 1. The number of hydrazine groups is 1. The molecule has 3 N–H and O–H groups in total. The molecule has 4 amide bonds. The van der Waals surface area contributed by atoms with Gasteiger partial charge >= 0.3 is 65.1 Å². The zero-order valence-electron chi connectivity index (χ0n) is 27.6. The fourth-order valence-electron chi connectivity index (χ4n) is 6.09. The van der Waals surface area contributed by atoms with Crippen molar-refractivity contribution in [3.05, 3.63) is 102 Å². The van der Waals surface area contributed by atoms with E-state index in [1.807, 2.05) is 48.5 Å². The molecule has 2 atom stereocenters. The van der Waals surface area contributed by atoms with Crippen molar-refractivity contribution in [2.45, 2.75) is 31.7 Å². The average molecular weight is 736 g/mol. The topological polar surface area (TPSA) is 188 Å². The number of aromatic nitrogens is 1. The summed E-state index contributed by atoms with van der Waals surface area (Å²) in [6.07, 6.45) is 0.765. The van der Waals surface area contributed by atoms with Gasteiger partial charge in [0, 0.05) is 26.1 Å². The van der Waals surface area contributed by atoms with Crippen molar-refractivity contribution in [1.82, 2.24) is 30.1 Å². The van der Waals surface area contributed by atoms with Gasteiger partial charge in [0.1, 0.15) is 25.8 Å². The van der Waals surface area contributed by atoms with Crippen LogP contribution in [0.3, 0.4) is 0 Å². The second kappa shape index (κ2) is 17.2. The van der Waals surface area contributed by atoms with Crippen molar-refractivity contribution in [3.8, 4) is 5.75 Å². The number of para-hydroxylation sites is 1. The summed E-state index contributed by atoms with van der Waals surface area (Å²) in [5.74, 6) is -0.863. The Hall–Kier alpha value is -2.79. The molecular formula is C32H32N7Na2O7PS. The number of nitrogens with one attached hydrogen (secondary N) is 1. The summed E-state index contributed by atoms with van der Waals surface area (Å²) in [5.41, 5.74) is 8.88. The number of anilines is 1. The molecular weight excluding hydrogens is 703 g/mol. The number of nitrogens with zero attached hydrogens (tertiary/aromatic N) is 5. The quantitative estimate of drug-likeness (QED) is 0.0920. The monoisotopic (exact) mass is 735 g/mol. The first-order chi connectivity index (χ1) is 23.0. The maximum Gasteiger partial charge on any atom is 1.00 e. The van der Waals surface area contributed by atoms with Gasteiger partial charge in [-0.1, -0.05) is 72.0 Å². The second-order valence-corrected chi connectivity index (χ2v) is 13.5. The third kappa shape index (κ3) is 9.16. The summed E-state index contributed by atoms with van der Waals surface area (Å²) in [7, 11) is -5.27. The number of phosphoric acid groups is 1. The minimum absolute atomic E-state index is 0. The zero-order valence-corrected chi connectivity index (χ0v) is 33.3. The summed E-state index contributed by atoms with van der Waals surface area (Å²) < 4.78 is 16.4. The Balaban J connectivity index is 0.00000281. The van der Waals surface area contributed by atoms with Crippen LogP contribution in [0.1, 0.15) is 16.7 Å². The SMILES string of the molecule is C=CCN1CC(=O)N2[C@H](Cc3ccc(OP(=O)([O-])[O-])cc3)C(=O)N(Cc3cccc4sc(N)nc34)C[C@@H]2N1C(=O)NCc1ccccc1.[Na+].[Na+]. The molecule has 1 aromatic heterocycles. The summed E-state index contributed by atoms with van der Waals surface area (Å²) in [6, 6.07) is 19.2. The Morgan fingerprint density at radius 3 is 2.46 bits per heavy atom. The van der Waals surface area contributed by atoms with Crippen LogP contribution in [0.15, 0.2) is 85.5 Å². The molecule has 3 aromatic carbocycles. The number of fused-ring (bicyclic) bond motifs is 2. The molecule has 18 heteroatoms. The first-order valence-electron chi connectivity index (χ1n) is 15.0. The molecule has 0 spiro atoms. The Bertz CT molecular complexity index is 1900. The number of phosphoric ester groups is 1. The molecule has 0 unspecified atom stereocenters. The molecule has 0 bridgehead atoms. The molecule has 250 valence electrons. The van der Waals surface area contributed by atoms with E-state index in [1.165, 1.54) is 45.5 Å². The molecule has 2 aliphatic rings. The number of piperazine rings is 1. The smallest absolute Gasteiger partial charge is 0.780 e. The van der Waals surface area contributed by atoms with E-state index >= 15 is 0 Å². The van der Waals surface area contributed by atoms with Crippen LogP contribution in [0.4, 0.5) is 9.93 Å². The van der Waals surface area contributed by atoms with E-state index in [9.17, 15) is 28.7 Å². The number of amides is 4. The minimum atomic E-state index is -5.27. The number of urea groups is 1.